The molecule has 0 spiro atoms. The zero-order chi connectivity index (χ0) is 14.4. The fourth-order valence-electron chi connectivity index (χ4n) is 1.52. The van der Waals surface area contributed by atoms with Crippen LogP contribution in [0.2, 0.25) is 0 Å². The minimum atomic E-state index is -0.771. The van der Waals surface area contributed by atoms with Crippen molar-refractivity contribution in [2.45, 2.75) is 32.8 Å². The molecule has 0 saturated heterocycles. The van der Waals surface area contributed by atoms with Crippen molar-refractivity contribution < 1.29 is 18.7 Å². The Morgan fingerprint density at radius 3 is 2.74 bits per heavy atom. The maximum absolute atomic E-state index is 13.4. The summed E-state index contributed by atoms with van der Waals surface area (Å²) in [5.74, 6) is -0.817. The number of carbonyl (C=O) groups is 1. The summed E-state index contributed by atoms with van der Waals surface area (Å²) in [5.41, 5.74) is 6.00. The van der Waals surface area contributed by atoms with Gasteiger partial charge in [0.1, 0.15) is 11.6 Å². The summed E-state index contributed by atoms with van der Waals surface area (Å²) < 4.78 is 24.1. The van der Waals surface area contributed by atoms with Gasteiger partial charge in [0.15, 0.2) is 6.10 Å². The maximum atomic E-state index is 13.4. The third-order valence-corrected chi connectivity index (χ3v) is 3.03. The van der Waals surface area contributed by atoms with Crippen LogP contribution in [0.15, 0.2) is 16.6 Å². The normalized spacial score (nSPS) is 12.0. The lowest BCUT2D eigenvalue weighted by molar-refractivity contribution is -0.151. The molecule has 0 bridgehead atoms. The van der Waals surface area contributed by atoms with Gasteiger partial charge in [0.25, 0.3) is 0 Å². The number of hydrogen-bond acceptors (Lipinski definition) is 4. The Morgan fingerprint density at radius 1 is 1.47 bits per heavy atom. The summed E-state index contributed by atoms with van der Waals surface area (Å²) in [6, 6.07) is 2.56. The van der Waals surface area contributed by atoms with Crippen molar-refractivity contribution in [1.29, 1.82) is 0 Å². The van der Waals surface area contributed by atoms with Crippen molar-refractivity contribution in [3.63, 3.8) is 0 Å². The van der Waals surface area contributed by atoms with Gasteiger partial charge in [0.05, 0.1) is 16.8 Å². The number of esters is 1. The van der Waals surface area contributed by atoms with Crippen LogP contribution >= 0.6 is 15.9 Å². The van der Waals surface area contributed by atoms with Gasteiger partial charge >= 0.3 is 5.97 Å². The highest BCUT2D eigenvalue weighted by atomic mass is 79.9. The van der Waals surface area contributed by atoms with Crippen molar-refractivity contribution in [1.82, 2.24) is 0 Å². The molecule has 1 atom stereocenters. The second-order valence-corrected chi connectivity index (χ2v) is 4.81. The highest BCUT2D eigenvalue weighted by Gasteiger charge is 2.22. The summed E-state index contributed by atoms with van der Waals surface area (Å²) in [4.78, 5) is 11.7. The van der Waals surface area contributed by atoms with Crippen LogP contribution in [0.4, 0.5) is 10.1 Å². The molecule has 0 fully saturated rings. The van der Waals surface area contributed by atoms with Crippen LogP contribution in [0.1, 0.15) is 26.7 Å². The lowest BCUT2D eigenvalue weighted by atomic mass is 10.2. The van der Waals surface area contributed by atoms with Gasteiger partial charge in [0.2, 0.25) is 0 Å². The van der Waals surface area contributed by atoms with E-state index in [1.54, 1.807) is 6.92 Å². The monoisotopic (exact) mass is 333 g/mol. The molecule has 0 radical (unpaired) electrons. The highest BCUT2D eigenvalue weighted by Crippen LogP contribution is 2.29. The summed E-state index contributed by atoms with van der Waals surface area (Å²) in [7, 11) is 0. The van der Waals surface area contributed by atoms with E-state index in [1.807, 2.05) is 6.92 Å². The van der Waals surface area contributed by atoms with Crippen molar-refractivity contribution in [2.75, 3.05) is 12.3 Å². The summed E-state index contributed by atoms with van der Waals surface area (Å²) >= 11 is 3.03. The molecular weight excluding hydrogens is 317 g/mol. The molecule has 6 heteroatoms. The third-order valence-electron chi connectivity index (χ3n) is 2.42. The molecule has 0 aliphatic heterocycles. The molecule has 1 aromatic rings. The van der Waals surface area contributed by atoms with Crippen LogP contribution in [0.5, 0.6) is 5.75 Å². The Kier molecular flexibility index (Phi) is 6.08. The fraction of sp³-hybridized carbons (Fsp3) is 0.462. The Bertz CT molecular complexity index is 454. The second kappa shape index (κ2) is 7.33. The van der Waals surface area contributed by atoms with Crippen LogP contribution in [-0.2, 0) is 9.53 Å². The Balaban J connectivity index is 2.90. The molecule has 0 aliphatic rings. The number of ether oxygens (including phenoxy) is 2. The minimum Gasteiger partial charge on any atom is -0.476 e. The molecule has 106 valence electrons. The molecular formula is C13H17BrFNO3. The van der Waals surface area contributed by atoms with E-state index >= 15 is 0 Å². The molecule has 0 aliphatic carbocycles. The van der Waals surface area contributed by atoms with Crippen molar-refractivity contribution in [3.8, 4) is 5.75 Å². The Hall–Kier alpha value is -1.30. The fourth-order valence-corrected chi connectivity index (χ4v) is 1.88. The van der Waals surface area contributed by atoms with E-state index in [0.717, 1.165) is 12.5 Å². The number of anilines is 1. The number of carbonyl (C=O) groups excluding carboxylic acids is 1. The minimum absolute atomic E-state index is 0.146. The molecule has 0 saturated carbocycles. The number of halogens is 2. The van der Waals surface area contributed by atoms with Gasteiger partial charge < -0.3 is 15.2 Å². The lowest BCUT2D eigenvalue weighted by Gasteiger charge is -2.18. The van der Waals surface area contributed by atoms with Gasteiger partial charge in [-0.1, -0.05) is 13.3 Å². The second-order valence-electron chi connectivity index (χ2n) is 3.95. The molecule has 19 heavy (non-hydrogen) atoms. The van der Waals surface area contributed by atoms with Gasteiger partial charge in [-0.3, -0.25) is 0 Å². The summed E-state index contributed by atoms with van der Waals surface area (Å²) in [6.45, 7) is 3.91. The quantitative estimate of drug-likeness (QED) is 0.641. The SMILES string of the molecule is CCCC(Oc1cc(F)c(Br)cc1N)C(=O)OCC. The van der Waals surface area contributed by atoms with E-state index in [2.05, 4.69) is 15.9 Å². The van der Waals surface area contributed by atoms with E-state index in [4.69, 9.17) is 15.2 Å². The summed E-state index contributed by atoms with van der Waals surface area (Å²) in [6.07, 6.45) is 0.450. The number of hydrogen-bond donors (Lipinski definition) is 1. The standard InChI is InChI=1S/C13H17BrFNO3/c1-3-5-11(13(17)18-4-2)19-12-7-9(15)8(14)6-10(12)16/h6-7,11H,3-5,16H2,1-2H3. The lowest BCUT2D eigenvalue weighted by Crippen LogP contribution is -2.29. The highest BCUT2D eigenvalue weighted by molar-refractivity contribution is 9.10. The molecule has 1 rings (SSSR count). The first kappa shape index (κ1) is 15.8. The maximum Gasteiger partial charge on any atom is 0.347 e. The largest absolute Gasteiger partial charge is 0.476 e. The molecule has 0 amide bonds. The average Bonchev–Trinajstić information content (AvgIpc) is 2.35. The van der Waals surface area contributed by atoms with E-state index in [9.17, 15) is 9.18 Å². The molecule has 0 aromatic heterocycles. The Morgan fingerprint density at radius 2 is 2.16 bits per heavy atom. The topological polar surface area (TPSA) is 61.5 Å². The van der Waals surface area contributed by atoms with E-state index in [0.29, 0.717) is 6.42 Å². The zero-order valence-corrected chi connectivity index (χ0v) is 12.5. The van der Waals surface area contributed by atoms with Crippen LogP contribution in [0.3, 0.4) is 0 Å². The first-order chi connectivity index (χ1) is 8.99. The first-order valence-corrected chi connectivity index (χ1v) is 6.86. The van der Waals surface area contributed by atoms with E-state index in [-0.39, 0.29) is 22.5 Å². The predicted octanol–water partition coefficient (Wildman–Crippen LogP) is 3.28. The molecule has 2 N–H and O–H groups in total. The van der Waals surface area contributed by atoms with Crippen LogP contribution < -0.4 is 10.5 Å². The van der Waals surface area contributed by atoms with Crippen LogP contribution in [0, 0.1) is 5.82 Å². The molecule has 1 aromatic carbocycles. The number of rotatable bonds is 6. The smallest absolute Gasteiger partial charge is 0.347 e. The van der Waals surface area contributed by atoms with Gasteiger partial charge in [-0.25, -0.2) is 9.18 Å². The first-order valence-electron chi connectivity index (χ1n) is 6.07. The molecule has 4 nitrogen and oxygen atoms in total. The van der Waals surface area contributed by atoms with E-state index < -0.39 is 17.9 Å². The number of benzene rings is 1. The van der Waals surface area contributed by atoms with Crippen LogP contribution in [0.25, 0.3) is 0 Å². The van der Waals surface area contributed by atoms with E-state index in [1.165, 1.54) is 6.07 Å². The van der Waals surface area contributed by atoms with Crippen molar-refractivity contribution in [3.05, 3.63) is 22.4 Å². The summed E-state index contributed by atoms with van der Waals surface area (Å²) in [5, 5.41) is 0. The Labute approximate surface area is 120 Å². The van der Waals surface area contributed by atoms with Crippen molar-refractivity contribution in [2.24, 2.45) is 0 Å². The predicted molar refractivity (Wildman–Crippen MR) is 74.5 cm³/mol. The number of nitrogens with two attached hydrogens (primary N) is 1. The molecule has 1 unspecified atom stereocenters. The molecule has 0 heterocycles. The van der Waals surface area contributed by atoms with Gasteiger partial charge in [-0.05, 0) is 35.3 Å². The number of nitrogen functional groups attached to an aromatic ring is 1. The van der Waals surface area contributed by atoms with Crippen molar-refractivity contribution >= 4 is 27.6 Å². The third kappa shape index (κ3) is 4.38. The van der Waals surface area contributed by atoms with Gasteiger partial charge in [0, 0.05) is 6.07 Å². The zero-order valence-electron chi connectivity index (χ0n) is 10.9. The van der Waals surface area contributed by atoms with Gasteiger partial charge in [-0.15, -0.1) is 0 Å². The average molecular weight is 334 g/mol. The van der Waals surface area contributed by atoms with Gasteiger partial charge in [-0.2, -0.15) is 0 Å². The van der Waals surface area contributed by atoms with Crippen LogP contribution in [-0.4, -0.2) is 18.7 Å².